The van der Waals surface area contributed by atoms with Crippen molar-refractivity contribution in [1.82, 2.24) is 10.3 Å². The van der Waals surface area contributed by atoms with Crippen LogP contribution in [0.1, 0.15) is 45.3 Å². The predicted octanol–water partition coefficient (Wildman–Crippen LogP) is 2.95. The number of aromatic nitrogens is 1. The third-order valence-electron chi connectivity index (χ3n) is 3.04. The maximum Gasteiger partial charge on any atom is 0.335 e. The van der Waals surface area contributed by atoms with E-state index in [1.807, 2.05) is 12.3 Å². The molecule has 0 fully saturated rings. The lowest BCUT2D eigenvalue weighted by Crippen LogP contribution is -2.41. The number of carbonyl (C=O) groups is 2. The molecule has 0 saturated heterocycles. The molecule has 2 aromatic rings. The third kappa shape index (κ3) is 3.30. The minimum Gasteiger partial charge on any atom is -0.478 e. The Morgan fingerprint density at radius 3 is 2.55 bits per heavy atom. The molecule has 1 aromatic carbocycles. The molecule has 0 aliphatic carbocycles. The molecule has 1 amide bonds. The van der Waals surface area contributed by atoms with Gasteiger partial charge in [-0.25, -0.2) is 14.2 Å². The van der Waals surface area contributed by atoms with Gasteiger partial charge in [0.25, 0.3) is 5.91 Å². The van der Waals surface area contributed by atoms with E-state index >= 15 is 0 Å². The van der Waals surface area contributed by atoms with Crippen LogP contribution in [-0.2, 0) is 5.54 Å². The van der Waals surface area contributed by atoms with Gasteiger partial charge in [0, 0.05) is 11.1 Å². The van der Waals surface area contributed by atoms with E-state index in [2.05, 4.69) is 10.3 Å². The number of nitrogens with zero attached hydrogens (tertiary/aromatic N) is 1. The van der Waals surface area contributed by atoms with Crippen LogP contribution in [0.25, 0.3) is 0 Å². The van der Waals surface area contributed by atoms with Gasteiger partial charge in [-0.15, -0.1) is 11.3 Å². The van der Waals surface area contributed by atoms with Crippen LogP contribution in [0.5, 0.6) is 0 Å². The fourth-order valence-corrected chi connectivity index (χ4v) is 2.76. The summed E-state index contributed by atoms with van der Waals surface area (Å²) < 4.78 is 13.9. The number of hydrogen-bond acceptors (Lipinski definition) is 4. The van der Waals surface area contributed by atoms with Crippen LogP contribution in [-0.4, -0.2) is 22.0 Å². The van der Waals surface area contributed by atoms with Crippen LogP contribution >= 0.6 is 11.3 Å². The van der Waals surface area contributed by atoms with Crippen molar-refractivity contribution in [2.24, 2.45) is 0 Å². The average molecular weight is 322 g/mol. The summed E-state index contributed by atoms with van der Waals surface area (Å²) in [6.07, 6.45) is 0. The Morgan fingerprint density at radius 2 is 2.05 bits per heavy atom. The standard InChI is InChI=1S/C15H15FN2O3S/c1-8-7-22-14(17-8)15(2,3)18-12(19)10-5-4-9(13(20)21)6-11(10)16/h4-7H,1-3H3,(H,18,19)(H,20,21). The lowest BCUT2D eigenvalue weighted by atomic mass is 10.0. The molecule has 2 rings (SSSR count). The summed E-state index contributed by atoms with van der Waals surface area (Å²) in [4.78, 5) is 27.3. The molecule has 0 bridgehead atoms. The summed E-state index contributed by atoms with van der Waals surface area (Å²) >= 11 is 1.41. The first-order chi connectivity index (χ1) is 10.2. The van der Waals surface area contributed by atoms with Gasteiger partial charge < -0.3 is 10.4 Å². The summed E-state index contributed by atoms with van der Waals surface area (Å²) in [5, 5.41) is 14.1. The zero-order chi connectivity index (χ0) is 16.5. The molecular formula is C15H15FN2O3S. The first kappa shape index (κ1) is 16.1. The van der Waals surface area contributed by atoms with Crippen molar-refractivity contribution >= 4 is 23.2 Å². The molecule has 22 heavy (non-hydrogen) atoms. The minimum absolute atomic E-state index is 0.202. The number of benzene rings is 1. The van der Waals surface area contributed by atoms with Crippen LogP contribution < -0.4 is 5.32 Å². The van der Waals surface area contributed by atoms with Gasteiger partial charge in [0.05, 0.1) is 16.7 Å². The van der Waals surface area contributed by atoms with E-state index in [9.17, 15) is 14.0 Å². The fraction of sp³-hybridized carbons (Fsp3) is 0.267. The summed E-state index contributed by atoms with van der Waals surface area (Å²) in [6, 6.07) is 3.19. The highest BCUT2D eigenvalue weighted by atomic mass is 32.1. The van der Waals surface area contributed by atoms with Crippen molar-refractivity contribution in [2.45, 2.75) is 26.3 Å². The van der Waals surface area contributed by atoms with Gasteiger partial charge in [-0.2, -0.15) is 0 Å². The van der Waals surface area contributed by atoms with Crippen molar-refractivity contribution in [3.05, 3.63) is 51.2 Å². The molecule has 5 nitrogen and oxygen atoms in total. The van der Waals surface area contributed by atoms with E-state index in [-0.39, 0.29) is 11.1 Å². The zero-order valence-corrected chi connectivity index (χ0v) is 13.1. The van der Waals surface area contributed by atoms with Crippen LogP contribution in [0.4, 0.5) is 4.39 Å². The van der Waals surface area contributed by atoms with E-state index in [4.69, 9.17) is 5.11 Å². The Hall–Kier alpha value is -2.28. The quantitative estimate of drug-likeness (QED) is 0.907. The fourth-order valence-electron chi connectivity index (χ4n) is 1.88. The Morgan fingerprint density at radius 1 is 1.36 bits per heavy atom. The molecule has 0 spiro atoms. The number of hydrogen-bond donors (Lipinski definition) is 2. The molecule has 1 heterocycles. The van der Waals surface area contributed by atoms with Crippen LogP contribution in [0, 0.1) is 12.7 Å². The highest BCUT2D eigenvalue weighted by Gasteiger charge is 2.27. The first-order valence-corrected chi connectivity index (χ1v) is 7.36. The van der Waals surface area contributed by atoms with Gasteiger partial charge in [0.2, 0.25) is 0 Å². The Bertz CT molecular complexity index is 740. The van der Waals surface area contributed by atoms with E-state index in [1.165, 1.54) is 17.4 Å². The number of rotatable bonds is 4. The summed E-state index contributed by atoms with van der Waals surface area (Å²) in [6.45, 7) is 5.39. The molecule has 7 heteroatoms. The van der Waals surface area contributed by atoms with Crippen LogP contribution in [0.3, 0.4) is 0 Å². The van der Waals surface area contributed by atoms with Crippen molar-refractivity contribution < 1.29 is 19.1 Å². The average Bonchev–Trinajstić information content (AvgIpc) is 2.85. The molecule has 0 aliphatic rings. The molecule has 0 saturated carbocycles. The number of aromatic carboxylic acids is 1. The summed E-state index contributed by atoms with van der Waals surface area (Å²) in [5.41, 5.74) is -0.317. The molecule has 0 aliphatic heterocycles. The van der Waals surface area contributed by atoms with E-state index in [1.54, 1.807) is 13.8 Å². The highest BCUT2D eigenvalue weighted by Crippen LogP contribution is 2.24. The largest absolute Gasteiger partial charge is 0.478 e. The molecular weight excluding hydrogens is 307 g/mol. The number of thiazole rings is 1. The zero-order valence-electron chi connectivity index (χ0n) is 12.3. The van der Waals surface area contributed by atoms with Crippen molar-refractivity contribution in [1.29, 1.82) is 0 Å². The normalized spacial score (nSPS) is 11.3. The number of carboxylic acid groups (broad SMARTS) is 1. The molecule has 0 unspecified atom stereocenters. The topological polar surface area (TPSA) is 79.3 Å². The number of halogens is 1. The van der Waals surface area contributed by atoms with E-state index in [0.29, 0.717) is 5.01 Å². The van der Waals surface area contributed by atoms with Gasteiger partial charge in [-0.1, -0.05) is 0 Å². The number of nitrogens with one attached hydrogen (secondary N) is 1. The monoisotopic (exact) mass is 322 g/mol. The van der Waals surface area contributed by atoms with Crippen molar-refractivity contribution in [3.63, 3.8) is 0 Å². The predicted molar refractivity (Wildman–Crippen MR) is 80.7 cm³/mol. The van der Waals surface area contributed by atoms with Gasteiger partial charge in [-0.05, 0) is 39.0 Å². The Kier molecular flexibility index (Phi) is 4.27. The van der Waals surface area contributed by atoms with Crippen LogP contribution in [0.2, 0.25) is 0 Å². The Balaban J connectivity index is 2.23. The second-order valence-corrected chi connectivity index (χ2v) is 6.23. The third-order valence-corrected chi connectivity index (χ3v) is 4.32. The van der Waals surface area contributed by atoms with Crippen LogP contribution in [0.15, 0.2) is 23.6 Å². The van der Waals surface area contributed by atoms with E-state index < -0.39 is 23.2 Å². The SMILES string of the molecule is Cc1csc(C(C)(C)NC(=O)c2ccc(C(=O)O)cc2F)n1. The van der Waals surface area contributed by atoms with Gasteiger partial charge >= 0.3 is 5.97 Å². The van der Waals surface area contributed by atoms with Gasteiger partial charge in [-0.3, -0.25) is 4.79 Å². The van der Waals surface area contributed by atoms with Crippen molar-refractivity contribution in [2.75, 3.05) is 0 Å². The molecule has 0 atom stereocenters. The molecule has 0 radical (unpaired) electrons. The molecule has 1 aromatic heterocycles. The number of carbonyl (C=O) groups excluding carboxylic acids is 1. The minimum atomic E-state index is -1.25. The molecule has 116 valence electrons. The smallest absolute Gasteiger partial charge is 0.335 e. The first-order valence-electron chi connectivity index (χ1n) is 6.48. The van der Waals surface area contributed by atoms with Gasteiger partial charge in [0.15, 0.2) is 0 Å². The maximum atomic E-state index is 13.9. The number of aryl methyl sites for hydroxylation is 1. The Labute approximate surface area is 130 Å². The van der Waals surface area contributed by atoms with E-state index in [0.717, 1.165) is 17.8 Å². The molecule has 2 N–H and O–H groups in total. The lowest BCUT2D eigenvalue weighted by molar-refractivity contribution is 0.0695. The summed E-state index contributed by atoms with van der Waals surface area (Å²) in [5.74, 6) is -2.74. The number of amides is 1. The van der Waals surface area contributed by atoms with Gasteiger partial charge in [0.1, 0.15) is 10.8 Å². The highest BCUT2D eigenvalue weighted by molar-refractivity contribution is 7.09. The second-order valence-electron chi connectivity index (χ2n) is 5.37. The maximum absolute atomic E-state index is 13.9. The van der Waals surface area contributed by atoms with Crippen molar-refractivity contribution in [3.8, 4) is 0 Å². The summed E-state index contributed by atoms with van der Waals surface area (Å²) in [7, 11) is 0. The lowest BCUT2D eigenvalue weighted by Gasteiger charge is -2.24. The second kappa shape index (κ2) is 5.84. The number of carboxylic acids is 1.